The third-order valence-corrected chi connectivity index (χ3v) is 10.5. The molecule has 0 amide bonds. The van der Waals surface area contributed by atoms with Crippen LogP contribution in [0.5, 0.6) is 0 Å². The quantitative estimate of drug-likeness (QED) is 0.0845. The molecule has 0 aromatic heterocycles. The predicted octanol–water partition coefficient (Wildman–Crippen LogP) is 10.9. The van der Waals surface area contributed by atoms with E-state index in [1.165, 1.54) is 154 Å². The molecular weight excluding hydrogens is 407 g/mol. The van der Waals surface area contributed by atoms with E-state index < -0.39 is 5.24 Å². The molecule has 0 aromatic rings. The van der Waals surface area contributed by atoms with Crippen LogP contribution in [0.15, 0.2) is 0 Å². The molecule has 176 valence electrons. The average Bonchev–Trinajstić information content (AvgIpc) is 2.70. The van der Waals surface area contributed by atoms with Gasteiger partial charge >= 0.3 is 0 Å². The molecule has 1 unspecified atom stereocenters. The molecule has 0 saturated carbocycles. The minimum Gasteiger partial charge on any atom is -0.141 e. The third-order valence-electron chi connectivity index (χ3n) is 6.22. The maximum Gasteiger partial charge on any atom is 0.00343 e. The van der Waals surface area contributed by atoms with Gasteiger partial charge in [-0.05, 0) is 25.2 Å². The lowest BCUT2D eigenvalue weighted by Gasteiger charge is -2.15. The molecular formula is C26H55PS2. The number of rotatable bonds is 24. The van der Waals surface area contributed by atoms with Crippen LogP contribution in [-0.4, -0.2) is 12.3 Å². The Labute approximate surface area is 196 Å². The van der Waals surface area contributed by atoms with Crippen molar-refractivity contribution >= 4 is 29.3 Å². The Kier molecular flexibility index (Phi) is 24.5. The minimum atomic E-state index is -1.32. The first-order chi connectivity index (χ1) is 14.1. The van der Waals surface area contributed by atoms with Gasteiger partial charge in [-0.15, -0.1) is 12.2 Å². The van der Waals surface area contributed by atoms with Gasteiger partial charge in [0.25, 0.3) is 0 Å². The zero-order chi connectivity index (χ0) is 21.5. The summed E-state index contributed by atoms with van der Waals surface area (Å²) in [4.78, 5) is 0. The van der Waals surface area contributed by atoms with Gasteiger partial charge in [-0.3, -0.25) is 0 Å². The highest BCUT2D eigenvalue weighted by molar-refractivity contribution is 8.63. The lowest BCUT2D eigenvalue weighted by molar-refractivity contribution is 0.538. The second-order valence-electron chi connectivity index (χ2n) is 9.36. The van der Waals surface area contributed by atoms with Crippen LogP contribution in [0.3, 0.4) is 0 Å². The summed E-state index contributed by atoms with van der Waals surface area (Å²) in [6.07, 6.45) is 33.7. The van der Waals surface area contributed by atoms with Gasteiger partial charge < -0.3 is 0 Å². The highest BCUT2D eigenvalue weighted by Crippen LogP contribution is 2.52. The van der Waals surface area contributed by atoms with Crippen LogP contribution in [0, 0.1) is 0 Å². The molecule has 0 nitrogen and oxygen atoms in total. The molecule has 0 spiro atoms. The second kappa shape index (κ2) is 23.7. The van der Waals surface area contributed by atoms with Crippen molar-refractivity contribution in [1.29, 1.82) is 0 Å². The van der Waals surface area contributed by atoms with Gasteiger partial charge in [0.1, 0.15) is 0 Å². The summed E-state index contributed by atoms with van der Waals surface area (Å²) in [5.74, 6) is 0. The van der Waals surface area contributed by atoms with Gasteiger partial charge in [-0.1, -0.05) is 154 Å². The third kappa shape index (κ3) is 25.1. The Morgan fingerprint density at radius 2 is 0.621 bits per heavy atom. The molecule has 0 aromatic carbocycles. The minimum absolute atomic E-state index is 1.23. The van der Waals surface area contributed by atoms with Crippen molar-refractivity contribution in [2.24, 2.45) is 0 Å². The first kappa shape index (κ1) is 30.0. The zero-order valence-electron chi connectivity index (χ0n) is 20.3. The molecule has 0 fully saturated rings. The van der Waals surface area contributed by atoms with Crippen LogP contribution < -0.4 is 0 Å². The van der Waals surface area contributed by atoms with Crippen LogP contribution in [-0.2, 0) is 11.8 Å². The summed E-state index contributed by atoms with van der Waals surface area (Å²) < 4.78 is 0. The first-order valence-electron chi connectivity index (χ1n) is 13.4. The molecule has 0 radical (unpaired) electrons. The number of unbranched alkanes of at least 4 members (excludes halogenated alkanes) is 20. The van der Waals surface area contributed by atoms with E-state index in [9.17, 15) is 0 Å². The van der Waals surface area contributed by atoms with Gasteiger partial charge in [0, 0.05) is 5.24 Å². The van der Waals surface area contributed by atoms with Crippen molar-refractivity contribution in [3.8, 4) is 0 Å². The molecule has 0 aliphatic heterocycles. The topological polar surface area (TPSA) is 0 Å². The smallest absolute Gasteiger partial charge is 0.00343 e. The lowest BCUT2D eigenvalue weighted by atomic mass is 10.0. The summed E-state index contributed by atoms with van der Waals surface area (Å²) in [6, 6.07) is 0. The molecule has 3 heteroatoms. The summed E-state index contributed by atoms with van der Waals surface area (Å²) >= 11 is 10.7. The fraction of sp³-hybridized carbons (Fsp3) is 1.00. The Morgan fingerprint density at radius 3 is 0.862 bits per heavy atom. The van der Waals surface area contributed by atoms with Crippen LogP contribution in [0.2, 0.25) is 0 Å². The standard InChI is InChI=1S/C26H55PS2/c1-3-5-7-9-11-13-14-15-16-17-18-20-22-24-26-27(28,29)25-23-21-19-12-10-8-6-4-2/h3-26H2,1-2H3,(H,28,29). The van der Waals surface area contributed by atoms with Gasteiger partial charge in [0.2, 0.25) is 0 Å². The van der Waals surface area contributed by atoms with E-state index in [0.29, 0.717) is 0 Å². The monoisotopic (exact) mass is 462 g/mol. The van der Waals surface area contributed by atoms with Gasteiger partial charge in [-0.25, -0.2) is 0 Å². The van der Waals surface area contributed by atoms with Crippen molar-refractivity contribution < 1.29 is 0 Å². The molecule has 29 heavy (non-hydrogen) atoms. The van der Waals surface area contributed by atoms with E-state index in [-0.39, 0.29) is 0 Å². The van der Waals surface area contributed by atoms with Crippen molar-refractivity contribution in [1.82, 2.24) is 0 Å². The van der Waals surface area contributed by atoms with Crippen molar-refractivity contribution in [2.45, 2.75) is 155 Å². The first-order valence-corrected chi connectivity index (χ1v) is 17.8. The van der Waals surface area contributed by atoms with Gasteiger partial charge in [-0.2, -0.15) is 0 Å². The fourth-order valence-corrected chi connectivity index (χ4v) is 7.44. The zero-order valence-corrected chi connectivity index (χ0v) is 22.9. The van der Waals surface area contributed by atoms with Crippen LogP contribution in [0.4, 0.5) is 0 Å². The molecule has 0 heterocycles. The van der Waals surface area contributed by atoms with Crippen LogP contribution in [0.1, 0.15) is 155 Å². The van der Waals surface area contributed by atoms with Crippen molar-refractivity contribution in [3.63, 3.8) is 0 Å². The SMILES string of the molecule is CCCCCCCCCCCCCCCCP(=S)(S)CCCCCCCCCC. The Morgan fingerprint density at radius 1 is 0.414 bits per heavy atom. The largest absolute Gasteiger partial charge is 0.141 e. The molecule has 0 saturated heterocycles. The highest BCUT2D eigenvalue weighted by atomic mass is 32.9. The molecule has 1 atom stereocenters. The second-order valence-corrected chi connectivity index (χ2v) is 17.2. The number of hydrogen-bond acceptors (Lipinski definition) is 1. The summed E-state index contributed by atoms with van der Waals surface area (Å²) in [7, 11) is 0. The number of hydrogen-bond donors (Lipinski definition) is 1. The lowest BCUT2D eigenvalue weighted by Crippen LogP contribution is -1.92. The molecule has 0 aliphatic carbocycles. The maximum absolute atomic E-state index is 5.85. The van der Waals surface area contributed by atoms with E-state index in [2.05, 4.69) is 13.8 Å². The Balaban J connectivity index is 3.29. The van der Waals surface area contributed by atoms with Crippen molar-refractivity contribution in [2.75, 3.05) is 12.3 Å². The van der Waals surface area contributed by atoms with E-state index >= 15 is 0 Å². The normalized spacial score (nSPS) is 13.6. The van der Waals surface area contributed by atoms with Crippen LogP contribution >= 0.6 is 17.5 Å². The van der Waals surface area contributed by atoms with E-state index in [4.69, 9.17) is 24.1 Å². The van der Waals surface area contributed by atoms with Crippen molar-refractivity contribution in [3.05, 3.63) is 0 Å². The predicted molar refractivity (Wildman–Crippen MR) is 146 cm³/mol. The summed E-state index contributed by atoms with van der Waals surface area (Å²) in [6.45, 7) is 4.59. The average molecular weight is 463 g/mol. The van der Waals surface area contributed by atoms with Gasteiger partial charge in [0.05, 0.1) is 0 Å². The van der Waals surface area contributed by atoms with Crippen LogP contribution in [0.25, 0.3) is 0 Å². The molecule has 0 bridgehead atoms. The van der Waals surface area contributed by atoms with E-state index in [1.54, 1.807) is 0 Å². The number of thiol groups is 1. The van der Waals surface area contributed by atoms with E-state index in [0.717, 1.165) is 0 Å². The Hall–Kier alpha value is 1.00. The molecule has 0 aliphatic rings. The summed E-state index contributed by atoms with van der Waals surface area (Å²) in [5, 5.41) is -1.32. The summed E-state index contributed by atoms with van der Waals surface area (Å²) in [5.41, 5.74) is 0. The van der Waals surface area contributed by atoms with E-state index in [1.807, 2.05) is 0 Å². The fourth-order valence-electron chi connectivity index (χ4n) is 4.16. The maximum atomic E-state index is 5.85. The van der Waals surface area contributed by atoms with Gasteiger partial charge in [0.15, 0.2) is 0 Å². The molecule has 0 rings (SSSR count). The molecule has 0 N–H and O–H groups in total. The Bertz CT molecular complexity index is 357. The highest BCUT2D eigenvalue weighted by Gasteiger charge is 2.10.